The summed E-state index contributed by atoms with van der Waals surface area (Å²) in [6.07, 6.45) is 2.53. The summed E-state index contributed by atoms with van der Waals surface area (Å²) in [5, 5.41) is 10.8. The second-order valence-corrected chi connectivity index (χ2v) is 5.64. The number of hydrogen-bond acceptors (Lipinski definition) is 3. The lowest BCUT2D eigenvalue weighted by Crippen LogP contribution is -2.39. The van der Waals surface area contributed by atoms with Crippen LogP contribution >= 0.6 is 11.3 Å². The number of hydrogen-bond donors (Lipinski definition) is 2. The van der Waals surface area contributed by atoms with Gasteiger partial charge in [-0.05, 0) is 41.4 Å². The van der Waals surface area contributed by atoms with Gasteiger partial charge in [0.15, 0.2) is 5.96 Å². The molecular formula is C16H21N3OS. The Labute approximate surface area is 129 Å². The number of guanidine groups is 1. The zero-order chi connectivity index (χ0) is 14.9. The van der Waals surface area contributed by atoms with Crippen molar-refractivity contribution >= 4 is 17.3 Å². The zero-order valence-corrected chi connectivity index (χ0v) is 13.1. The van der Waals surface area contributed by atoms with Crippen molar-refractivity contribution in [2.45, 2.75) is 19.9 Å². The van der Waals surface area contributed by atoms with E-state index in [0.29, 0.717) is 6.54 Å². The van der Waals surface area contributed by atoms with Crippen LogP contribution in [0.3, 0.4) is 0 Å². The van der Waals surface area contributed by atoms with Gasteiger partial charge in [0.05, 0.1) is 12.8 Å². The molecule has 4 nitrogen and oxygen atoms in total. The third-order valence-electron chi connectivity index (χ3n) is 2.80. The molecule has 0 saturated carbocycles. The minimum absolute atomic E-state index is 0.676. The molecule has 0 aliphatic rings. The topological polar surface area (TPSA) is 49.6 Å². The Hall–Kier alpha value is -2.01. The Balaban J connectivity index is 1.84. The first-order valence-corrected chi connectivity index (χ1v) is 7.88. The SMILES string of the molecule is C=C(C)CNC(=NCc1ccsc1)NCCc1ccco1. The van der Waals surface area contributed by atoms with E-state index in [1.807, 2.05) is 19.1 Å². The van der Waals surface area contributed by atoms with Gasteiger partial charge in [0.25, 0.3) is 0 Å². The van der Waals surface area contributed by atoms with Crippen molar-refractivity contribution in [1.29, 1.82) is 0 Å². The minimum atomic E-state index is 0.676. The van der Waals surface area contributed by atoms with E-state index in [-0.39, 0.29) is 0 Å². The minimum Gasteiger partial charge on any atom is -0.469 e. The average molecular weight is 303 g/mol. The lowest BCUT2D eigenvalue weighted by atomic mass is 10.3. The Bertz CT molecular complexity index is 558. The Kier molecular flexibility index (Phi) is 6.09. The normalized spacial score (nSPS) is 11.4. The molecule has 0 spiro atoms. The molecule has 0 amide bonds. The van der Waals surface area contributed by atoms with Crippen LogP contribution in [0.2, 0.25) is 0 Å². The zero-order valence-electron chi connectivity index (χ0n) is 12.3. The highest BCUT2D eigenvalue weighted by Gasteiger charge is 2.01. The van der Waals surface area contributed by atoms with Crippen LogP contribution in [0.4, 0.5) is 0 Å². The van der Waals surface area contributed by atoms with Crippen molar-refractivity contribution in [3.05, 3.63) is 58.7 Å². The molecule has 0 saturated heterocycles. The first kappa shape index (κ1) is 15.4. The van der Waals surface area contributed by atoms with E-state index in [1.165, 1.54) is 5.56 Å². The third kappa shape index (κ3) is 5.87. The van der Waals surface area contributed by atoms with Crippen molar-refractivity contribution in [3.63, 3.8) is 0 Å². The fourth-order valence-corrected chi connectivity index (χ4v) is 2.38. The molecule has 0 aliphatic heterocycles. The van der Waals surface area contributed by atoms with Gasteiger partial charge in [-0.15, -0.1) is 0 Å². The summed E-state index contributed by atoms with van der Waals surface area (Å²) in [5.41, 5.74) is 2.30. The highest BCUT2D eigenvalue weighted by Crippen LogP contribution is 2.06. The molecule has 2 N–H and O–H groups in total. The fourth-order valence-electron chi connectivity index (χ4n) is 1.72. The quantitative estimate of drug-likeness (QED) is 0.469. The first-order chi connectivity index (χ1) is 10.2. The van der Waals surface area contributed by atoms with Crippen molar-refractivity contribution in [2.24, 2.45) is 4.99 Å². The molecule has 0 radical (unpaired) electrons. The number of nitrogens with one attached hydrogen (secondary N) is 2. The van der Waals surface area contributed by atoms with Gasteiger partial charge >= 0.3 is 0 Å². The van der Waals surface area contributed by atoms with E-state index in [0.717, 1.165) is 36.8 Å². The molecule has 0 aromatic carbocycles. The molecule has 2 heterocycles. The van der Waals surface area contributed by atoms with E-state index < -0.39 is 0 Å². The Morgan fingerprint density at radius 1 is 1.38 bits per heavy atom. The van der Waals surface area contributed by atoms with Crippen LogP contribution in [-0.4, -0.2) is 19.0 Å². The first-order valence-electron chi connectivity index (χ1n) is 6.94. The summed E-state index contributed by atoms with van der Waals surface area (Å²) >= 11 is 1.69. The standard InChI is InChI=1S/C16H21N3OS/c1-13(2)10-18-16(19-11-14-6-9-21-12-14)17-7-5-15-4-3-8-20-15/h3-4,6,8-9,12H,1,5,7,10-11H2,2H3,(H2,17,18,19). The molecule has 0 unspecified atom stereocenters. The van der Waals surface area contributed by atoms with Gasteiger partial charge in [0, 0.05) is 19.5 Å². The molecule has 0 atom stereocenters. The van der Waals surface area contributed by atoms with E-state index in [1.54, 1.807) is 17.6 Å². The molecule has 21 heavy (non-hydrogen) atoms. The van der Waals surface area contributed by atoms with Gasteiger partial charge in [0.1, 0.15) is 5.76 Å². The van der Waals surface area contributed by atoms with Crippen molar-refractivity contribution in [3.8, 4) is 0 Å². The summed E-state index contributed by atoms with van der Waals surface area (Å²) in [4.78, 5) is 4.59. The fraction of sp³-hybridized carbons (Fsp3) is 0.312. The number of aliphatic imine (C=N–C) groups is 1. The van der Waals surface area contributed by atoms with Gasteiger partial charge in [-0.25, -0.2) is 4.99 Å². The number of nitrogens with zero attached hydrogens (tertiary/aromatic N) is 1. The molecule has 5 heteroatoms. The van der Waals surface area contributed by atoms with Crippen LogP contribution in [0.5, 0.6) is 0 Å². The van der Waals surface area contributed by atoms with E-state index in [9.17, 15) is 0 Å². The second-order valence-electron chi connectivity index (χ2n) is 4.86. The Morgan fingerprint density at radius 2 is 2.29 bits per heavy atom. The highest BCUT2D eigenvalue weighted by molar-refractivity contribution is 7.07. The molecule has 2 rings (SSSR count). The number of rotatable bonds is 7. The van der Waals surface area contributed by atoms with Crippen LogP contribution in [0.15, 0.2) is 56.8 Å². The maximum atomic E-state index is 5.32. The third-order valence-corrected chi connectivity index (χ3v) is 3.53. The van der Waals surface area contributed by atoms with Gasteiger partial charge in [-0.3, -0.25) is 0 Å². The summed E-state index contributed by atoms with van der Waals surface area (Å²) in [6.45, 7) is 8.06. The summed E-state index contributed by atoms with van der Waals surface area (Å²) in [5.74, 6) is 1.77. The van der Waals surface area contributed by atoms with Crippen LogP contribution in [0, 0.1) is 0 Å². The molecule has 112 valence electrons. The molecule has 0 bridgehead atoms. The van der Waals surface area contributed by atoms with Gasteiger partial charge in [0.2, 0.25) is 0 Å². The second kappa shape index (κ2) is 8.32. The maximum Gasteiger partial charge on any atom is 0.191 e. The van der Waals surface area contributed by atoms with Crippen molar-refractivity contribution in [2.75, 3.05) is 13.1 Å². The molecule has 0 fully saturated rings. The molecular weight excluding hydrogens is 282 g/mol. The van der Waals surface area contributed by atoms with Crippen LogP contribution < -0.4 is 10.6 Å². The predicted molar refractivity (Wildman–Crippen MR) is 88.7 cm³/mol. The van der Waals surface area contributed by atoms with Crippen LogP contribution in [-0.2, 0) is 13.0 Å². The Morgan fingerprint density at radius 3 is 2.95 bits per heavy atom. The lowest BCUT2D eigenvalue weighted by Gasteiger charge is -2.12. The van der Waals surface area contributed by atoms with Crippen LogP contribution in [0.25, 0.3) is 0 Å². The molecule has 0 aliphatic carbocycles. The lowest BCUT2D eigenvalue weighted by molar-refractivity contribution is 0.507. The maximum absolute atomic E-state index is 5.32. The monoisotopic (exact) mass is 303 g/mol. The van der Waals surface area contributed by atoms with Crippen molar-refractivity contribution < 1.29 is 4.42 Å². The van der Waals surface area contributed by atoms with E-state index >= 15 is 0 Å². The smallest absolute Gasteiger partial charge is 0.191 e. The summed E-state index contributed by atoms with van der Waals surface area (Å²) in [6, 6.07) is 5.97. The van der Waals surface area contributed by atoms with E-state index in [4.69, 9.17) is 4.42 Å². The van der Waals surface area contributed by atoms with E-state index in [2.05, 4.69) is 39.0 Å². The average Bonchev–Trinajstić information content (AvgIpc) is 3.14. The predicted octanol–water partition coefficient (Wildman–Crippen LogP) is 3.20. The molecule has 2 aromatic rings. The van der Waals surface area contributed by atoms with Crippen LogP contribution in [0.1, 0.15) is 18.2 Å². The summed E-state index contributed by atoms with van der Waals surface area (Å²) < 4.78 is 5.32. The highest BCUT2D eigenvalue weighted by atomic mass is 32.1. The van der Waals surface area contributed by atoms with Crippen molar-refractivity contribution in [1.82, 2.24) is 10.6 Å². The van der Waals surface area contributed by atoms with Gasteiger partial charge in [-0.2, -0.15) is 11.3 Å². The number of thiophene rings is 1. The van der Waals surface area contributed by atoms with Gasteiger partial charge < -0.3 is 15.1 Å². The largest absolute Gasteiger partial charge is 0.469 e. The molecule has 2 aromatic heterocycles. The number of furan rings is 1. The van der Waals surface area contributed by atoms with Gasteiger partial charge in [-0.1, -0.05) is 12.2 Å². The summed E-state index contributed by atoms with van der Waals surface area (Å²) in [7, 11) is 0.